The van der Waals surface area contributed by atoms with Crippen LogP contribution in [-0.2, 0) is 19.6 Å². The second-order valence-electron chi connectivity index (χ2n) is 8.67. The number of Topliss-reactive ketones (excluding diaryl/α,β-unsaturated/α-hetero) is 1. The third-order valence-corrected chi connectivity index (χ3v) is 7.31. The molecule has 0 saturated heterocycles. The summed E-state index contributed by atoms with van der Waals surface area (Å²) in [5.41, 5.74) is -0.856. The Morgan fingerprint density at radius 3 is 2.22 bits per heavy atom. The van der Waals surface area contributed by atoms with E-state index in [2.05, 4.69) is 23.7 Å². The zero-order valence-electron chi connectivity index (χ0n) is 20.8. The number of ketones is 1. The van der Waals surface area contributed by atoms with E-state index in [1.807, 2.05) is 37.3 Å². The van der Waals surface area contributed by atoms with Crippen molar-refractivity contribution in [1.82, 2.24) is 4.31 Å². The Morgan fingerprint density at radius 1 is 1.00 bits per heavy atom. The van der Waals surface area contributed by atoms with Crippen LogP contribution in [0.5, 0.6) is 0 Å². The van der Waals surface area contributed by atoms with E-state index in [-0.39, 0.29) is 29.8 Å². The lowest BCUT2D eigenvalue weighted by atomic mass is 9.76. The van der Waals surface area contributed by atoms with E-state index in [1.165, 1.54) is 12.1 Å². The monoisotopic (exact) mass is 505 g/mol. The number of sulfonamides is 1. The van der Waals surface area contributed by atoms with Crippen LogP contribution in [0.1, 0.15) is 45.6 Å². The standard InChI is InChI=1S/C29H31NO5S/c1-4-5-19-26-27(31)29(32,28(26)35-23(2)3)20-13-22-30(21-12-16-24-14-8-6-9-15-24)36(33,34)25-17-10-7-11-18-25/h6-11,14-15,17-18,23,32H,4-5,19,21-22H2,1-3H3. The van der Waals surface area contributed by atoms with Crippen molar-refractivity contribution < 1.29 is 23.1 Å². The molecule has 0 amide bonds. The molecule has 3 rings (SSSR count). The van der Waals surface area contributed by atoms with Gasteiger partial charge in [0.05, 0.1) is 24.1 Å². The van der Waals surface area contributed by atoms with E-state index < -0.39 is 21.4 Å². The molecule has 0 saturated carbocycles. The molecule has 36 heavy (non-hydrogen) atoms. The summed E-state index contributed by atoms with van der Waals surface area (Å²) in [6.45, 7) is 5.26. The highest BCUT2D eigenvalue weighted by atomic mass is 32.2. The van der Waals surface area contributed by atoms with Gasteiger partial charge in [0.2, 0.25) is 21.4 Å². The van der Waals surface area contributed by atoms with Gasteiger partial charge in [-0.3, -0.25) is 4.79 Å². The molecule has 188 valence electrons. The highest BCUT2D eigenvalue weighted by Crippen LogP contribution is 2.39. The minimum Gasteiger partial charge on any atom is -0.490 e. The summed E-state index contributed by atoms with van der Waals surface area (Å²) in [5, 5.41) is 11.0. The quantitative estimate of drug-likeness (QED) is 0.523. The lowest BCUT2D eigenvalue weighted by molar-refractivity contribution is -0.135. The number of ether oxygens (including phenoxy) is 1. The van der Waals surface area contributed by atoms with Gasteiger partial charge in [-0.05, 0) is 51.0 Å². The summed E-state index contributed by atoms with van der Waals surface area (Å²) in [6, 6.07) is 17.3. The average molecular weight is 506 g/mol. The van der Waals surface area contributed by atoms with Crippen molar-refractivity contribution in [2.45, 2.75) is 56.6 Å². The number of benzene rings is 2. The summed E-state index contributed by atoms with van der Waals surface area (Å²) in [5.74, 6) is 10.8. The first-order valence-corrected chi connectivity index (χ1v) is 13.4. The number of carbonyl (C=O) groups is 1. The molecule has 2 aromatic rings. The molecule has 7 heteroatoms. The molecule has 2 aromatic carbocycles. The number of carbonyl (C=O) groups excluding carboxylic acids is 1. The van der Waals surface area contributed by atoms with Crippen molar-refractivity contribution in [3.05, 3.63) is 77.6 Å². The smallest absolute Gasteiger partial charge is 0.247 e. The second kappa shape index (κ2) is 12.1. The molecule has 0 aliphatic heterocycles. The van der Waals surface area contributed by atoms with E-state index in [0.717, 1.165) is 22.7 Å². The summed E-state index contributed by atoms with van der Waals surface area (Å²) in [7, 11) is -3.91. The summed E-state index contributed by atoms with van der Waals surface area (Å²) >= 11 is 0. The SMILES string of the molecule is CCCCC1=C(OC(C)C)C(O)(C#CCN(CC#Cc2ccccc2)S(=O)(=O)c2ccccc2)C1=O. The topological polar surface area (TPSA) is 83.9 Å². The molecule has 1 aliphatic carbocycles. The van der Waals surface area contributed by atoms with Crippen molar-refractivity contribution in [2.24, 2.45) is 0 Å². The lowest BCUT2D eigenvalue weighted by Gasteiger charge is -2.36. The van der Waals surface area contributed by atoms with Gasteiger partial charge in [-0.15, -0.1) is 0 Å². The molecule has 0 spiro atoms. The van der Waals surface area contributed by atoms with Crippen LogP contribution in [0.4, 0.5) is 0 Å². The Labute approximate surface area is 214 Å². The first-order chi connectivity index (χ1) is 17.2. The normalized spacial score (nSPS) is 17.2. The first kappa shape index (κ1) is 27.2. The highest BCUT2D eigenvalue weighted by Gasteiger charge is 2.53. The van der Waals surface area contributed by atoms with Crippen LogP contribution in [0, 0.1) is 23.7 Å². The molecule has 0 bridgehead atoms. The minimum absolute atomic E-state index is 0.109. The van der Waals surface area contributed by atoms with Crippen LogP contribution in [0.15, 0.2) is 76.9 Å². The van der Waals surface area contributed by atoms with Crippen molar-refractivity contribution in [1.29, 1.82) is 0 Å². The molecule has 1 unspecified atom stereocenters. The molecule has 6 nitrogen and oxygen atoms in total. The number of hydrogen-bond donors (Lipinski definition) is 1. The number of nitrogens with zero attached hydrogens (tertiary/aromatic N) is 1. The van der Waals surface area contributed by atoms with Gasteiger partial charge in [0.25, 0.3) is 0 Å². The Morgan fingerprint density at radius 2 is 1.61 bits per heavy atom. The van der Waals surface area contributed by atoms with Crippen LogP contribution >= 0.6 is 0 Å². The van der Waals surface area contributed by atoms with Crippen molar-refractivity contribution >= 4 is 15.8 Å². The van der Waals surface area contributed by atoms with Crippen molar-refractivity contribution in [2.75, 3.05) is 13.1 Å². The van der Waals surface area contributed by atoms with E-state index >= 15 is 0 Å². The maximum Gasteiger partial charge on any atom is 0.247 e. The lowest BCUT2D eigenvalue weighted by Crippen LogP contribution is -2.51. The highest BCUT2D eigenvalue weighted by molar-refractivity contribution is 7.89. The maximum atomic E-state index is 13.3. The number of unbranched alkanes of at least 4 members (excludes halogenated alkanes) is 1. The van der Waals surface area contributed by atoms with Crippen molar-refractivity contribution in [3.8, 4) is 23.7 Å². The van der Waals surface area contributed by atoms with Gasteiger partial charge in [0.15, 0.2) is 5.76 Å². The molecule has 0 heterocycles. The molecule has 0 radical (unpaired) electrons. The molecule has 0 aromatic heterocycles. The Balaban J connectivity index is 1.89. The van der Waals surface area contributed by atoms with Crippen LogP contribution in [0.3, 0.4) is 0 Å². The average Bonchev–Trinajstić information content (AvgIpc) is 2.88. The van der Waals surface area contributed by atoms with Gasteiger partial charge in [-0.2, -0.15) is 4.31 Å². The summed E-state index contributed by atoms with van der Waals surface area (Å²) in [6.07, 6.45) is 1.94. The summed E-state index contributed by atoms with van der Waals surface area (Å²) in [4.78, 5) is 12.9. The van der Waals surface area contributed by atoms with E-state index in [1.54, 1.807) is 32.0 Å². The largest absolute Gasteiger partial charge is 0.490 e. The Bertz CT molecular complexity index is 1330. The fourth-order valence-corrected chi connectivity index (χ4v) is 4.91. The minimum atomic E-state index is -3.91. The van der Waals surface area contributed by atoms with Gasteiger partial charge in [0, 0.05) is 11.1 Å². The maximum absolute atomic E-state index is 13.3. The third kappa shape index (κ3) is 6.25. The van der Waals surface area contributed by atoms with Crippen LogP contribution < -0.4 is 0 Å². The fourth-order valence-electron chi connectivity index (χ4n) is 3.64. The van der Waals surface area contributed by atoms with Gasteiger partial charge in [-0.1, -0.05) is 73.4 Å². The predicted molar refractivity (Wildman–Crippen MR) is 139 cm³/mol. The molecule has 1 aliphatic rings. The molecule has 0 fully saturated rings. The predicted octanol–water partition coefficient (Wildman–Crippen LogP) is 3.92. The Hall–Kier alpha value is -3.36. The fraction of sp³-hybridized carbons (Fsp3) is 0.345. The van der Waals surface area contributed by atoms with Crippen LogP contribution in [0.2, 0.25) is 0 Å². The first-order valence-electron chi connectivity index (χ1n) is 12.0. The molecular weight excluding hydrogens is 474 g/mol. The zero-order valence-corrected chi connectivity index (χ0v) is 21.6. The van der Waals surface area contributed by atoms with E-state index in [9.17, 15) is 18.3 Å². The van der Waals surface area contributed by atoms with Gasteiger partial charge in [0.1, 0.15) is 0 Å². The number of hydrogen-bond acceptors (Lipinski definition) is 5. The van der Waals surface area contributed by atoms with E-state index in [4.69, 9.17) is 4.74 Å². The van der Waals surface area contributed by atoms with Crippen LogP contribution in [0.25, 0.3) is 0 Å². The van der Waals surface area contributed by atoms with Crippen molar-refractivity contribution in [3.63, 3.8) is 0 Å². The van der Waals surface area contributed by atoms with Gasteiger partial charge >= 0.3 is 0 Å². The zero-order chi connectivity index (χ0) is 26.2. The number of aliphatic hydroxyl groups is 1. The molecule has 1 atom stereocenters. The summed E-state index contributed by atoms with van der Waals surface area (Å²) < 4.78 is 33.4. The van der Waals surface area contributed by atoms with E-state index in [0.29, 0.717) is 12.0 Å². The second-order valence-corrected chi connectivity index (χ2v) is 10.6. The molecule has 1 N–H and O–H groups in total. The van der Waals surface area contributed by atoms with Gasteiger partial charge in [-0.25, -0.2) is 8.42 Å². The number of rotatable bonds is 9. The van der Waals surface area contributed by atoms with Gasteiger partial charge < -0.3 is 9.84 Å². The Kier molecular flexibility index (Phi) is 9.12. The van der Waals surface area contributed by atoms with Crippen LogP contribution in [-0.4, -0.2) is 48.4 Å². The third-order valence-electron chi connectivity index (χ3n) is 5.51. The molecular formula is C29H31NO5S.